The molecular weight excluding hydrogens is 412 g/mol. The van der Waals surface area contributed by atoms with Gasteiger partial charge in [0.05, 0.1) is 11.4 Å². The number of rotatable bonds is 3. The molecule has 0 spiro atoms. The van der Waals surface area contributed by atoms with Crippen LogP contribution in [0.15, 0.2) is 60.7 Å². The van der Waals surface area contributed by atoms with Crippen molar-refractivity contribution >= 4 is 28.4 Å². The van der Waals surface area contributed by atoms with Gasteiger partial charge in [0, 0.05) is 61.6 Å². The van der Waals surface area contributed by atoms with Crippen LogP contribution in [0, 0.1) is 12.8 Å². The fraction of sp³-hybridized carbons (Fsp3) is 0.370. The summed E-state index contributed by atoms with van der Waals surface area (Å²) < 4.78 is 0. The van der Waals surface area contributed by atoms with Gasteiger partial charge in [0.2, 0.25) is 5.91 Å². The number of anilines is 1. The van der Waals surface area contributed by atoms with E-state index in [1.54, 1.807) is 0 Å². The molecule has 0 bridgehead atoms. The molecule has 2 amide bonds. The number of para-hydroxylation sites is 1. The number of hydrogen-bond donors (Lipinski definition) is 0. The Morgan fingerprint density at radius 2 is 1.61 bits per heavy atom. The SMILES string of the molecule is Cc1cc(N2CCN(C(=O)C3CCCN(C(=O)c4ccccc4)C3)CC2)c2ccccc2n1. The summed E-state index contributed by atoms with van der Waals surface area (Å²) in [5, 5.41) is 1.16. The summed E-state index contributed by atoms with van der Waals surface area (Å²) in [5.41, 5.74) is 3.91. The van der Waals surface area contributed by atoms with Gasteiger partial charge in [-0.2, -0.15) is 0 Å². The predicted octanol–water partition coefficient (Wildman–Crippen LogP) is 3.74. The van der Waals surface area contributed by atoms with E-state index in [0.29, 0.717) is 25.2 Å². The van der Waals surface area contributed by atoms with Crippen molar-refractivity contribution < 1.29 is 9.59 Å². The summed E-state index contributed by atoms with van der Waals surface area (Å²) in [4.78, 5) is 37.1. The summed E-state index contributed by atoms with van der Waals surface area (Å²) in [6.45, 7) is 6.29. The molecule has 33 heavy (non-hydrogen) atoms. The minimum Gasteiger partial charge on any atom is -0.367 e. The van der Waals surface area contributed by atoms with Crippen LogP contribution < -0.4 is 4.90 Å². The number of piperazine rings is 1. The van der Waals surface area contributed by atoms with Crippen LogP contribution in [0.5, 0.6) is 0 Å². The molecule has 2 aromatic carbocycles. The van der Waals surface area contributed by atoms with E-state index in [1.165, 1.54) is 5.69 Å². The molecule has 5 rings (SSSR count). The molecule has 0 saturated carbocycles. The highest BCUT2D eigenvalue weighted by molar-refractivity contribution is 5.95. The number of amides is 2. The summed E-state index contributed by atoms with van der Waals surface area (Å²) in [6, 6.07) is 19.8. The third-order valence-corrected chi connectivity index (χ3v) is 6.83. The third kappa shape index (κ3) is 4.42. The molecule has 3 heterocycles. The molecule has 1 unspecified atom stereocenters. The largest absolute Gasteiger partial charge is 0.367 e. The van der Waals surface area contributed by atoms with E-state index in [-0.39, 0.29) is 17.7 Å². The van der Waals surface area contributed by atoms with Crippen molar-refractivity contribution in [3.05, 3.63) is 71.9 Å². The summed E-state index contributed by atoms with van der Waals surface area (Å²) in [7, 11) is 0. The second-order valence-electron chi connectivity index (χ2n) is 9.07. The molecule has 0 N–H and O–H groups in total. The van der Waals surface area contributed by atoms with Gasteiger partial charge >= 0.3 is 0 Å². The molecule has 3 aromatic rings. The zero-order chi connectivity index (χ0) is 22.8. The number of hydrogen-bond acceptors (Lipinski definition) is 4. The Kier molecular flexibility index (Phi) is 5.99. The summed E-state index contributed by atoms with van der Waals surface area (Å²) in [5.74, 6) is 0.107. The summed E-state index contributed by atoms with van der Waals surface area (Å²) >= 11 is 0. The Bertz CT molecular complexity index is 1160. The van der Waals surface area contributed by atoms with Crippen molar-refractivity contribution in [1.82, 2.24) is 14.8 Å². The summed E-state index contributed by atoms with van der Waals surface area (Å²) in [6.07, 6.45) is 1.73. The number of aryl methyl sites for hydroxylation is 1. The number of benzene rings is 2. The van der Waals surface area contributed by atoms with Crippen LogP contribution in [0.1, 0.15) is 28.9 Å². The highest BCUT2D eigenvalue weighted by atomic mass is 16.2. The van der Waals surface area contributed by atoms with Gasteiger partial charge in [-0.15, -0.1) is 0 Å². The van der Waals surface area contributed by atoms with Gasteiger partial charge in [-0.05, 0) is 44.0 Å². The first-order valence-electron chi connectivity index (χ1n) is 11.8. The molecule has 2 fully saturated rings. The van der Waals surface area contributed by atoms with E-state index in [9.17, 15) is 9.59 Å². The van der Waals surface area contributed by atoms with Crippen LogP contribution in [0.2, 0.25) is 0 Å². The van der Waals surface area contributed by atoms with Gasteiger partial charge in [-0.25, -0.2) is 0 Å². The monoisotopic (exact) mass is 442 g/mol. The number of piperidine rings is 1. The maximum atomic E-state index is 13.3. The van der Waals surface area contributed by atoms with Gasteiger partial charge in [-0.3, -0.25) is 14.6 Å². The molecule has 2 saturated heterocycles. The molecule has 6 nitrogen and oxygen atoms in total. The van der Waals surface area contributed by atoms with Crippen LogP contribution in [-0.4, -0.2) is 65.9 Å². The van der Waals surface area contributed by atoms with Gasteiger partial charge in [-0.1, -0.05) is 36.4 Å². The van der Waals surface area contributed by atoms with Gasteiger partial charge < -0.3 is 14.7 Å². The number of pyridine rings is 1. The predicted molar refractivity (Wildman–Crippen MR) is 130 cm³/mol. The van der Waals surface area contributed by atoms with E-state index in [0.717, 1.165) is 49.1 Å². The Hall–Kier alpha value is -3.41. The maximum absolute atomic E-state index is 13.3. The van der Waals surface area contributed by atoms with Crippen molar-refractivity contribution in [2.24, 2.45) is 5.92 Å². The van der Waals surface area contributed by atoms with Crippen LogP contribution >= 0.6 is 0 Å². The number of nitrogens with zero attached hydrogens (tertiary/aromatic N) is 4. The molecule has 2 aliphatic rings. The minimum absolute atomic E-state index is 0.0258. The van der Waals surface area contributed by atoms with E-state index >= 15 is 0 Å². The van der Waals surface area contributed by atoms with Gasteiger partial charge in [0.1, 0.15) is 0 Å². The van der Waals surface area contributed by atoms with Crippen LogP contribution in [0.25, 0.3) is 10.9 Å². The molecule has 6 heteroatoms. The molecule has 2 aliphatic heterocycles. The highest BCUT2D eigenvalue weighted by Crippen LogP contribution is 2.28. The third-order valence-electron chi connectivity index (χ3n) is 6.83. The lowest BCUT2D eigenvalue weighted by atomic mass is 9.95. The highest BCUT2D eigenvalue weighted by Gasteiger charge is 2.33. The smallest absolute Gasteiger partial charge is 0.253 e. The zero-order valence-electron chi connectivity index (χ0n) is 19.1. The van der Waals surface area contributed by atoms with E-state index in [2.05, 4.69) is 28.1 Å². The molecule has 1 aromatic heterocycles. The Morgan fingerprint density at radius 1 is 0.879 bits per heavy atom. The Balaban J connectivity index is 1.23. The molecule has 1 atom stereocenters. The second-order valence-corrected chi connectivity index (χ2v) is 9.07. The second kappa shape index (κ2) is 9.22. The van der Waals surface area contributed by atoms with E-state index < -0.39 is 0 Å². The zero-order valence-corrected chi connectivity index (χ0v) is 19.1. The van der Waals surface area contributed by atoms with Crippen molar-refractivity contribution in [3.8, 4) is 0 Å². The minimum atomic E-state index is -0.109. The van der Waals surface area contributed by atoms with Gasteiger partial charge in [0.25, 0.3) is 5.91 Å². The Morgan fingerprint density at radius 3 is 2.39 bits per heavy atom. The Labute approximate surface area is 194 Å². The first-order chi connectivity index (χ1) is 16.1. The number of fused-ring (bicyclic) bond motifs is 1. The van der Waals surface area contributed by atoms with E-state index in [1.807, 2.05) is 59.2 Å². The number of carbonyl (C=O) groups is 2. The first kappa shape index (κ1) is 21.4. The molecule has 0 aliphatic carbocycles. The topological polar surface area (TPSA) is 56.8 Å². The lowest BCUT2D eigenvalue weighted by Crippen LogP contribution is -2.53. The first-order valence-corrected chi connectivity index (χ1v) is 11.8. The number of aromatic nitrogens is 1. The fourth-order valence-corrected chi connectivity index (χ4v) is 5.10. The van der Waals surface area contributed by atoms with Crippen LogP contribution in [0.4, 0.5) is 5.69 Å². The van der Waals surface area contributed by atoms with Crippen molar-refractivity contribution in [2.75, 3.05) is 44.2 Å². The lowest BCUT2D eigenvalue weighted by Gasteiger charge is -2.40. The fourth-order valence-electron chi connectivity index (χ4n) is 5.10. The molecule has 0 radical (unpaired) electrons. The maximum Gasteiger partial charge on any atom is 0.253 e. The van der Waals surface area contributed by atoms with Crippen molar-refractivity contribution in [1.29, 1.82) is 0 Å². The van der Waals surface area contributed by atoms with Crippen molar-refractivity contribution in [2.45, 2.75) is 19.8 Å². The quantitative estimate of drug-likeness (QED) is 0.620. The van der Waals surface area contributed by atoms with Crippen LogP contribution in [0.3, 0.4) is 0 Å². The average molecular weight is 443 g/mol. The van der Waals surface area contributed by atoms with E-state index in [4.69, 9.17) is 0 Å². The molecular formula is C27H30N4O2. The number of likely N-dealkylation sites (tertiary alicyclic amines) is 1. The average Bonchev–Trinajstić information content (AvgIpc) is 2.88. The standard InChI is InChI=1S/C27H30N4O2/c1-20-18-25(23-11-5-6-12-24(23)28-20)29-14-16-30(17-15-29)27(33)22-10-7-13-31(19-22)26(32)21-8-3-2-4-9-21/h2-6,8-9,11-12,18,22H,7,10,13-17,19H2,1H3. The van der Waals surface area contributed by atoms with Gasteiger partial charge in [0.15, 0.2) is 0 Å². The number of carbonyl (C=O) groups excluding carboxylic acids is 2. The van der Waals surface area contributed by atoms with Crippen molar-refractivity contribution in [3.63, 3.8) is 0 Å². The normalized spacial score (nSPS) is 19.1. The van der Waals surface area contributed by atoms with Crippen LogP contribution in [-0.2, 0) is 4.79 Å². The molecule has 170 valence electrons. The lowest BCUT2D eigenvalue weighted by molar-refractivity contribution is -0.137.